The second-order valence-electron chi connectivity index (χ2n) is 7.96. The Bertz CT molecular complexity index is 985. The Morgan fingerprint density at radius 3 is 2.48 bits per heavy atom. The van der Waals surface area contributed by atoms with Crippen LogP contribution >= 0.6 is 11.8 Å². The molecule has 1 N–H and O–H groups in total. The van der Waals surface area contributed by atoms with Crippen LogP contribution in [0.1, 0.15) is 45.9 Å². The fourth-order valence-corrected chi connectivity index (χ4v) is 3.76. The van der Waals surface area contributed by atoms with E-state index >= 15 is 0 Å². The highest BCUT2D eigenvalue weighted by atomic mass is 32.2. The summed E-state index contributed by atoms with van der Waals surface area (Å²) in [5.41, 5.74) is 3.09. The Morgan fingerprint density at radius 1 is 1.24 bits per heavy atom. The van der Waals surface area contributed by atoms with E-state index in [1.807, 2.05) is 18.4 Å². The average Bonchev–Trinajstić information content (AvgIpc) is 3.26. The molecule has 1 unspecified atom stereocenters. The summed E-state index contributed by atoms with van der Waals surface area (Å²) in [6, 6.07) is 10.1. The summed E-state index contributed by atoms with van der Waals surface area (Å²) >= 11 is 1.37. The van der Waals surface area contributed by atoms with Gasteiger partial charge in [-0.05, 0) is 31.7 Å². The number of thioether (sulfide) groups is 1. The van der Waals surface area contributed by atoms with Gasteiger partial charge in [0.15, 0.2) is 11.0 Å². The fraction of sp³-hybridized carbons (Fsp3) is 0.429. The minimum atomic E-state index is -0.369. The van der Waals surface area contributed by atoms with Crippen molar-refractivity contribution in [3.63, 3.8) is 0 Å². The molecule has 8 heteroatoms. The highest BCUT2D eigenvalue weighted by molar-refractivity contribution is 8.00. The maximum absolute atomic E-state index is 12.5. The Kier molecular flexibility index (Phi) is 6.12. The number of aromatic nitrogens is 4. The monoisotopic (exact) mass is 413 g/mol. The fourth-order valence-electron chi connectivity index (χ4n) is 2.85. The lowest BCUT2D eigenvalue weighted by molar-refractivity contribution is -0.115. The van der Waals surface area contributed by atoms with Crippen molar-refractivity contribution in [3.8, 4) is 11.4 Å². The van der Waals surface area contributed by atoms with Crippen LogP contribution in [0.25, 0.3) is 11.4 Å². The van der Waals surface area contributed by atoms with E-state index in [9.17, 15) is 4.79 Å². The van der Waals surface area contributed by atoms with Crippen LogP contribution in [0.2, 0.25) is 0 Å². The van der Waals surface area contributed by atoms with Gasteiger partial charge in [0.25, 0.3) is 0 Å². The van der Waals surface area contributed by atoms with E-state index < -0.39 is 0 Å². The summed E-state index contributed by atoms with van der Waals surface area (Å²) in [5.74, 6) is 0.971. The maximum Gasteiger partial charge on any atom is 0.240 e. The molecule has 0 saturated heterocycles. The number of nitrogens with zero attached hydrogens (tertiary/aromatic N) is 4. The molecule has 29 heavy (non-hydrogen) atoms. The van der Waals surface area contributed by atoms with Crippen molar-refractivity contribution in [1.82, 2.24) is 19.9 Å². The van der Waals surface area contributed by atoms with Gasteiger partial charge in [-0.25, -0.2) is 0 Å². The Morgan fingerprint density at radius 2 is 1.93 bits per heavy atom. The number of hydrogen-bond donors (Lipinski definition) is 1. The molecule has 7 nitrogen and oxygen atoms in total. The lowest BCUT2D eigenvalue weighted by Gasteiger charge is -2.19. The summed E-state index contributed by atoms with van der Waals surface area (Å²) in [7, 11) is 0. The van der Waals surface area contributed by atoms with E-state index in [1.165, 1.54) is 17.3 Å². The van der Waals surface area contributed by atoms with E-state index in [0.29, 0.717) is 23.3 Å². The first-order valence-corrected chi connectivity index (χ1v) is 10.5. The molecular formula is C21H27N5O2S. The summed E-state index contributed by atoms with van der Waals surface area (Å²) in [6.45, 7) is 13.0. The molecule has 154 valence electrons. The van der Waals surface area contributed by atoms with Gasteiger partial charge in [0.2, 0.25) is 11.8 Å². The molecule has 0 aliphatic heterocycles. The molecule has 3 aromatic rings. The van der Waals surface area contributed by atoms with Crippen LogP contribution in [0.15, 0.2) is 40.0 Å². The number of carbonyl (C=O) groups excluding carboxylic acids is 1. The molecule has 0 saturated carbocycles. The largest absolute Gasteiger partial charge is 0.338 e. The predicted octanol–water partition coefficient (Wildman–Crippen LogP) is 4.68. The molecule has 2 aromatic heterocycles. The van der Waals surface area contributed by atoms with Gasteiger partial charge in [0.1, 0.15) is 0 Å². The quantitative estimate of drug-likeness (QED) is 0.591. The van der Waals surface area contributed by atoms with Gasteiger partial charge in [-0.1, -0.05) is 62.0 Å². The SMILES string of the molecule is CCn1c(SC(C)C(=O)Nc2cc(C)no2)nnc1-c1ccc(C(C)(C)C)cc1. The van der Waals surface area contributed by atoms with E-state index in [0.717, 1.165) is 11.4 Å². The van der Waals surface area contributed by atoms with E-state index in [4.69, 9.17) is 4.52 Å². The number of amides is 1. The standard InChI is InChI=1S/C21H27N5O2S/c1-7-26-18(15-8-10-16(11-9-15)21(4,5)6)23-24-20(26)29-14(3)19(27)22-17-12-13(2)25-28-17/h8-12,14H,7H2,1-6H3,(H,22,27). The van der Waals surface area contributed by atoms with Gasteiger partial charge in [0.05, 0.1) is 10.9 Å². The van der Waals surface area contributed by atoms with Gasteiger partial charge in [-0.2, -0.15) is 0 Å². The molecular weight excluding hydrogens is 386 g/mol. The lowest BCUT2D eigenvalue weighted by Crippen LogP contribution is -2.22. The maximum atomic E-state index is 12.5. The van der Waals surface area contributed by atoms with Crippen LogP contribution in [-0.4, -0.2) is 31.1 Å². The third-order valence-electron chi connectivity index (χ3n) is 4.57. The minimum absolute atomic E-state index is 0.100. The van der Waals surface area contributed by atoms with Crippen LogP contribution in [0, 0.1) is 6.92 Å². The number of carbonyl (C=O) groups is 1. The van der Waals surface area contributed by atoms with Crippen molar-refractivity contribution < 1.29 is 9.32 Å². The minimum Gasteiger partial charge on any atom is -0.338 e. The second kappa shape index (κ2) is 8.41. The normalized spacial score (nSPS) is 12.8. The first kappa shape index (κ1) is 21.1. The summed E-state index contributed by atoms with van der Waals surface area (Å²) < 4.78 is 7.08. The Hall–Kier alpha value is -2.61. The van der Waals surface area contributed by atoms with Gasteiger partial charge >= 0.3 is 0 Å². The van der Waals surface area contributed by atoms with Crippen LogP contribution in [-0.2, 0) is 16.8 Å². The average molecular weight is 414 g/mol. The first-order chi connectivity index (χ1) is 13.7. The van der Waals surface area contributed by atoms with E-state index in [2.05, 4.69) is 65.7 Å². The molecule has 1 aromatic carbocycles. The van der Waals surface area contributed by atoms with Crippen LogP contribution < -0.4 is 5.32 Å². The van der Waals surface area contributed by atoms with E-state index in [1.54, 1.807) is 13.0 Å². The third kappa shape index (κ3) is 4.87. The molecule has 0 fully saturated rings. The van der Waals surface area contributed by atoms with Crippen molar-refractivity contribution in [2.45, 2.75) is 63.9 Å². The zero-order valence-corrected chi connectivity index (χ0v) is 18.5. The molecule has 2 heterocycles. The molecule has 0 aliphatic carbocycles. The highest BCUT2D eigenvalue weighted by Crippen LogP contribution is 2.29. The van der Waals surface area contributed by atoms with Crippen LogP contribution in [0.5, 0.6) is 0 Å². The number of anilines is 1. The lowest BCUT2D eigenvalue weighted by atomic mass is 9.87. The molecule has 0 radical (unpaired) electrons. The smallest absolute Gasteiger partial charge is 0.240 e. The van der Waals surface area contributed by atoms with Crippen molar-refractivity contribution in [2.24, 2.45) is 0 Å². The van der Waals surface area contributed by atoms with Gasteiger partial charge in [-0.15, -0.1) is 10.2 Å². The molecule has 1 amide bonds. The number of hydrogen-bond acceptors (Lipinski definition) is 6. The van der Waals surface area contributed by atoms with Crippen molar-refractivity contribution in [1.29, 1.82) is 0 Å². The summed E-state index contributed by atoms with van der Waals surface area (Å²) in [5, 5.41) is 15.6. The number of rotatable bonds is 6. The van der Waals surface area contributed by atoms with Crippen LogP contribution in [0.3, 0.4) is 0 Å². The first-order valence-electron chi connectivity index (χ1n) is 9.64. The predicted molar refractivity (Wildman–Crippen MR) is 115 cm³/mol. The zero-order valence-electron chi connectivity index (χ0n) is 17.7. The number of aryl methyl sites for hydroxylation is 1. The molecule has 0 aliphatic rings. The third-order valence-corrected chi connectivity index (χ3v) is 5.65. The molecule has 0 spiro atoms. The number of benzene rings is 1. The highest BCUT2D eigenvalue weighted by Gasteiger charge is 2.22. The van der Waals surface area contributed by atoms with E-state index in [-0.39, 0.29) is 16.6 Å². The summed E-state index contributed by atoms with van der Waals surface area (Å²) in [4.78, 5) is 12.5. The van der Waals surface area contributed by atoms with Gasteiger partial charge < -0.3 is 9.09 Å². The Labute approximate surface area is 175 Å². The molecule has 3 rings (SSSR count). The van der Waals surface area contributed by atoms with Crippen molar-refractivity contribution >= 4 is 23.6 Å². The summed E-state index contributed by atoms with van der Waals surface area (Å²) in [6.07, 6.45) is 0. The van der Waals surface area contributed by atoms with Gasteiger partial charge in [-0.3, -0.25) is 10.1 Å². The Balaban J connectivity index is 1.76. The topological polar surface area (TPSA) is 85.8 Å². The van der Waals surface area contributed by atoms with Gasteiger partial charge in [0, 0.05) is 18.2 Å². The van der Waals surface area contributed by atoms with Crippen molar-refractivity contribution in [2.75, 3.05) is 5.32 Å². The number of nitrogens with one attached hydrogen (secondary N) is 1. The zero-order chi connectivity index (χ0) is 21.2. The van der Waals surface area contributed by atoms with Crippen molar-refractivity contribution in [3.05, 3.63) is 41.6 Å². The van der Waals surface area contributed by atoms with Crippen LogP contribution in [0.4, 0.5) is 5.88 Å². The molecule has 1 atom stereocenters. The molecule has 0 bridgehead atoms. The second-order valence-corrected chi connectivity index (χ2v) is 9.27.